The lowest BCUT2D eigenvalue weighted by Gasteiger charge is -2.27. The third-order valence-electron chi connectivity index (χ3n) is 3.87. The van der Waals surface area contributed by atoms with Crippen molar-refractivity contribution in [2.24, 2.45) is 0 Å². The third-order valence-corrected chi connectivity index (χ3v) is 4.75. The fraction of sp³-hybridized carbons (Fsp3) is 0.222. The van der Waals surface area contributed by atoms with Crippen molar-refractivity contribution in [3.63, 3.8) is 0 Å². The summed E-state index contributed by atoms with van der Waals surface area (Å²) in [6.07, 6.45) is -1.28. The summed E-state index contributed by atoms with van der Waals surface area (Å²) in [5.41, 5.74) is 0.127. The van der Waals surface area contributed by atoms with Crippen LogP contribution in [0.15, 0.2) is 42.5 Å². The number of anilines is 1. The van der Waals surface area contributed by atoms with Gasteiger partial charge in [-0.25, -0.2) is 0 Å². The molecule has 0 bridgehead atoms. The summed E-state index contributed by atoms with van der Waals surface area (Å²) >= 11 is 23.1. The van der Waals surface area contributed by atoms with Gasteiger partial charge in [0, 0.05) is 11.6 Å². The normalized spacial score (nSPS) is 11.8. The number of carbonyl (C=O) groups is 1. The van der Waals surface area contributed by atoms with Crippen LogP contribution in [0.25, 0.3) is 0 Å². The molecule has 0 aliphatic rings. The highest BCUT2D eigenvalue weighted by Gasteiger charge is 2.35. The summed E-state index contributed by atoms with van der Waals surface area (Å²) in [5.74, 6) is 0.172. The Hall–Kier alpha value is -2.53. The first-order valence-corrected chi connectivity index (χ1v) is 10.0. The minimum Gasteiger partial charge on any atom is -0.493 e. The van der Waals surface area contributed by atoms with Gasteiger partial charge in [0.15, 0.2) is 16.6 Å². The molecule has 31 heavy (non-hydrogen) atoms. The van der Waals surface area contributed by atoms with Crippen LogP contribution < -0.4 is 25.4 Å². The van der Waals surface area contributed by atoms with E-state index >= 15 is 0 Å². The molecule has 0 heterocycles. The number of alkyl halides is 3. The van der Waals surface area contributed by atoms with Gasteiger partial charge in [0.25, 0.3) is 11.6 Å². The van der Waals surface area contributed by atoms with E-state index in [4.69, 9.17) is 56.5 Å². The molecule has 0 unspecified atom stereocenters. The fourth-order valence-electron chi connectivity index (χ4n) is 2.42. The molecule has 2 aromatic carbocycles. The van der Waals surface area contributed by atoms with Crippen LogP contribution in [0.4, 0.5) is 11.4 Å². The molecule has 0 saturated heterocycles. The van der Waals surface area contributed by atoms with Gasteiger partial charge in [-0.05, 0) is 36.5 Å². The molecule has 1 amide bonds. The number of amides is 1. The summed E-state index contributed by atoms with van der Waals surface area (Å²) in [6, 6.07) is 10.3. The average molecular weight is 508 g/mol. The van der Waals surface area contributed by atoms with E-state index in [2.05, 4.69) is 16.0 Å². The maximum absolute atomic E-state index is 12.7. The predicted molar refractivity (Wildman–Crippen MR) is 124 cm³/mol. The topological polar surface area (TPSA) is 115 Å². The lowest BCUT2D eigenvalue weighted by Crippen LogP contribution is -2.56. The number of rotatable bonds is 7. The van der Waals surface area contributed by atoms with E-state index in [0.717, 1.165) is 0 Å². The minimum atomic E-state index is -2.01. The van der Waals surface area contributed by atoms with E-state index in [-0.39, 0.29) is 22.1 Å². The molecule has 0 saturated carbocycles. The molecule has 13 heteroatoms. The Bertz CT molecular complexity index is 987. The Labute approximate surface area is 198 Å². The number of para-hydroxylation sites is 2. The van der Waals surface area contributed by atoms with Crippen LogP contribution >= 0.6 is 47.0 Å². The summed E-state index contributed by atoms with van der Waals surface area (Å²) in [7, 11) is 2.89. The molecule has 166 valence electrons. The van der Waals surface area contributed by atoms with E-state index in [1.165, 1.54) is 44.6 Å². The van der Waals surface area contributed by atoms with E-state index < -0.39 is 20.8 Å². The molecule has 9 nitrogen and oxygen atoms in total. The second kappa shape index (κ2) is 10.7. The number of ether oxygens (including phenoxy) is 2. The Morgan fingerprint density at radius 2 is 1.74 bits per heavy atom. The minimum absolute atomic E-state index is 0.113. The molecule has 2 aromatic rings. The number of hydrogen-bond donors (Lipinski definition) is 3. The zero-order valence-corrected chi connectivity index (χ0v) is 19.2. The quantitative estimate of drug-likeness (QED) is 0.169. The van der Waals surface area contributed by atoms with Crippen molar-refractivity contribution >= 4 is 69.4 Å². The third kappa shape index (κ3) is 6.73. The Kier molecular flexibility index (Phi) is 8.52. The van der Waals surface area contributed by atoms with Crippen LogP contribution in [0.2, 0.25) is 0 Å². The number of nitrogens with one attached hydrogen (secondary N) is 3. The largest absolute Gasteiger partial charge is 0.493 e. The van der Waals surface area contributed by atoms with Gasteiger partial charge in [0.1, 0.15) is 11.9 Å². The molecule has 1 atom stereocenters. The number of nitro groups is 1. The maximum atomic E-state index is 12.7. The van der Waals surface area contributed by atoms with Gasteiger partial charge in [-0.15, -0.1) is 0 Å². The van der Waals surface area contributed by atoms with Crippen molar-refractivity contribution < 1.29 is 19.2 Å². The van der Waals surface area contributed by atoms with Gasteiger partial charge in [-0.2, -0.15) is 0 Å². The zero-order valence-electron chi connectivity index (χ0n) is 16.1. The number of carbonyl (C=O) groups excluding carboxylic acids is 1. The summed E-state index contributed by atoms with van der Waals surface area (Å²) in [4.78, 5) is 23.3. The van der Waals surface area contributed by atoms with Crippen LogP contribution in [0.3, 0.4) is 0 Å². The van der Waals surface area contributed by atoms with E-state index in [1.54, 1.807) is 12.1 Å². The zero-order chi connectivity index (χ0) is 23.2. The van der Waals surface area contributed by atoms with Gasteiger partial charge in [-0.1, -0.05) is 46.9 Å². The molecule has 0 aromatic heterocycles. The Morgan fingerprint density at radius 3 is 2.32 bits per heavy atom. The van der Waals surface area contributed by atoms with Crippen molar-refractivity contribution in [2.45, 2.75) is 9.96 Å². The van der Waals surface area contributed by atoms with Gasteiger partial charge < -0.3 is 25.4 Å². The highest BCUT2D eigenvalue weighted by molar-refractivity contribution is 7.80. The summed E-state index contributed by atoms with van der Waals surface area (Å²) < 4.78 is 8.30. The first kappa shape index (κ1) is 24.7. The molecular formula is C18H17Cl3N4O5S. The smallest absolute Gasteiger partial charge is 0.292 e. The van der Waals surface area contributed by atoms with E-state index in [0.29, 0.717) is 11.5 Å². The van der Waals surface area contributed by atoms with Crippen molar-refractivity contribution in [2.75, 3.05) is 19.5 Å². The Balaban J connectivity index is 2.17. The van der Waals surface area contributed by atoms with Crippen LogP contribution in [-0.2, 0) is 0 Å². The van der Waals surface area contributed by atoms with Crippen molar-refractivity contribution in [3.8, 4) is 11.5 Å². The standard InChI is InChI=1S/C18H17Cl3N4O5S/c1-29-13-8-7-10(9-14(13)30-2)15(26)23-16(18(19,20)21)24-17(31)22-11-5-3-4-6-12(11)25(27)28/h3-9,16H,1-2H3,(H,23,26)(H2,22,24,31)/t16-/m1/s1. The molecule has 2 rings (SSSR count). The molecule has 0 spiro atoms. The van der Waals surface area contributed by atoms with Crippen molar-refractivity contribution in [1.82, 2.24) is 10.6 Å². The van der Waals surface area contributed by atoms with E-state index in [9.17, 15) is 14.9 Å². The van der Waals surface area contributed by atoms with Crippen LogP contribution in [0, 0.1) is 10.1 Å². The number of hydrogen-bond acceptors (Lipinski definition) is 6. The SMILES string of the molecule is COc1ccc(C(=O)N[C@H](NC(=S)Nc2ccccc2[N+](=O)[O-])C(Cl)(Cl)Cl)cc1OC. The molecule has 0 aliphatic heterocycles. The van der Waals surface area contributed by atoms with Crippen molar-refractivity contribution in [3.05, 3.63) is 58.1 Å². The maximum Gasteiger partial charge on any atom is 0.292 e. The van der Waals surface area contributed by atoms with Gasteiger partial charge in [0.05, 0.1) is 19.1 Å². The number of methoxy groups -OCH3 is 2. The summed E-state index contributed by atoms with van der Waals surface area (Å²) in [5, 5.41) is 18.8. The molecule has 0 fully saturated rings. The van der Waals surface area contributed by atoms with Crippen LogP contribution in [-0.4, -0.2) is 40.1 Å². The van der Waals surface area contributed by atoms with E-state index in [1.807, 2.05) is 0 Å². The number of halogens is 3. The van der Waals surface area contributed by atoms with Gasteiger partial charge >= 0.3 is 0 Å². The molecule has 0 aliphatic carbocycles. The Morgan fingerprint density at radius 1 is 1.10 bits per heavy atom. The molecule has 3 N–H and O–H groups in total. The number of nitrogens with zero attached hydrogens (tertiary/aromatic N) is 1. The number of thiocarbonyl (C=S) groups is 1. The average Bonchev–Trinajstić information content (AvgIpc) is 2.72. The first-order chi connectivity index (χ1) is 14.6. The second-order valence-corrected chi connectivity index (χ2v) is 8.67. The molecular weight excluding hydrogens is 491 g/mol. The monoisotopic (exact) mass is 506 g/mol. The van der Waals surface area contributed by atoms with Gasteiger partial charge in [-0.3, -0.25) is 14.9 Å². The van der Waals surface area contributed by atoms with Crippen molar-refractivity contribution in [1.29, 1.82) is 0 Å². The van der Waals surface area contributed by atoms with Gasteiger partial charge in [0.2, 0.25) is 3.79 Å². The number of nitro benzene ring substituents is 1. The highest BCUT2D eigenvalue weighted by atomic mass is 35.6. The lowest BCUT2D eigenvalue weighted by atomic mass is 10.2. The lowest BCUT2D eigenvalue weighted by molar-refractivity contribution is -0.383. The predicted octanol–water partition coefficient (Wildman–Crippen LogP) is 4.02. The summed E-state index contributed by atoms with van der Waals surface area (Å²) in [6.45, 7) is 0. The fourth-order valence-corrected chi connectivity index (χ4v) is 2.97. The van der Waals surface area contributed by atoms with Crippen LogP contribution in [0.5, 0.6) is 11.5 Å². The first-order valence-electron chi connectivity index (χ1n) is 8.47. The molecule has 0 radical (unpaired) electrons. The highest BCUT2D eigenvalue weighted by Crippen LogP contribution is 2.31. The second-order valence-electron chi connectivity index (χ2n) is 5.89. The number of benzene rings is 2. The van der Waals surface area contributed by atoms with Crippen LogP contribution in [0.1, 0.15) is 10.4 Å².